The van der Waals surface area contributed by atoms with E-state index in [9.17, 15) is 9.59 Å². The quantitative estimate of drug-likeness (QED) is 0.753. The van der Waals surface area contributed by atoms with E-state index in [1.807, 2.05) is 4.90 Å². The van der Waals surface area contributed by atoms with Crippen LogP contribution < -0.4 is 5.73 Å². The van der Waals surface area contributed by atoms with Crippen LogP contribution in [0.25, 0.3) is 0 Å². The lowest BCUT2D eigenvalue weighted by Gasteiger charge is -2.34. The van der Waals surface area contributed by atoms with Gasteiger partial charge in [0.25, 0.3) is 0 Å². The van der Waals surface area contributed by atoms with Crippen LogP contribution in [0.3, 0.4) is 0 Å². The van der Waals surface area contributed by atoms with Crippen molar-refractivity contribution < 1.29 is 14.7 Å². The summed E-state index contributed by atoms with van der Waals surface area (Å²) in [5.41, 5.74) is 5.31. The molecule has 2 fully saturated rings. The minimum absolute atomic E-state index is 0.0672. The van der Waals surface area contributed by atoms with Gasteiger partial charge in [-0.2, -0.15) is 0 Å². The van der Waals surface area contributed by atoms with Crippen LogP contribution in [0.5, 0.6) is 0 Å². The Balaban J connectivity index is 1.84. The molecule has 2 rings (SSSR count). The Kier molecular flexibility index (Phi) is 3.38. The second-order valence-electron chi connectivity index (χ2n) is 5.35. The SMILES string of the molecule is NC1(C(=O)N2CCCC(CCC(=O)O)C2)CC1. The molecule has 0 aromatic heterocycles. The van der Waals surface area contributed by atoms with Crippen molar-refractivity contribution in [2.45, 2.75) is 44.1 Å². The number of carbonyl (C=O) groups excluding carboxylic acids is 1. The lowest BCUT2D eigenvalue weighted by atomic mass is 9.93. The molecule has 96 valence electrons. The molecule has 0 aromatic carbocycles. The van der Waals surface area contributed by atoms with Gasteiger partial charge in [-0.1, -0.05) is 0 Å². The first-order chi connectivity index (χ1) is 8.01. The number of carbonyl (C=O) groups is 2. The number of piperidine rings is 1. The van der Waals surface area contributed by atoms with Gasteiger partial charge in [-0.3, -0.25) is 9.59 Å². The molecule has 0 radical (unpaired) electrons. The molecule has 5 heteroatoms. The van der Waals surface area contributed by atoms with Gasteiger partial charge in [-0.25, -0.2) is 0 Å². The van der Waals surface area contributed by atoms with E-state index >= 15 is 0 Å². The van der Waals surface area contributed by atoms with Crippen molar-refractivity contribution in [2.75, 3.05) is 13.1 Å². The number of hydrogen-bond acceptors (Lipinski definition) is 3. The Morgan fingerprint density at radius 1 is 1.41 bits per heavy atom. The fraction of sp³-hybridized carbons (Fsp3) is 0.833. The minimum atomic E-state index is -0.758. The number of carboxylic acids is 1. The molecule has 1 unspecified atom stereocenters. The molecule has 0 aromatic rings. The zero-order valence-electron chi connectivity index (χ0n) is 10.0. The van der Waals surface area contributed by atoms with Crippen LogP contribution in [0.1, 0.15) is 38.5 Å². The molecule has 0 spiro atoms. The molecule has 1 atom stereocenters. The average molecular weight is 240 g/mol. The molecule has 1 aliphatic carbocycles. The third-order valence-electron chi connectivity index (χ3n) is 3.79. The van der Waals surface area contributed by atoms with Crippen molar-refractivity contribution in [3.05, 3.63) is 0 Å². The third kappa shape index (κ3) is 2.97. The van der Waals surface area contributed by atoms with Gasteiger partial charge in [-0.05, 0) is 38.0 Å². The number of aliphatic carboxylic acids is 1. The van der Waals surface area contributed by atoms with Gasteiger partial charge in [0.15, 0.2) is 0 Å². The van der Waals surface area contributed by atoms with Crippen molar-refractivity contribution in [2.24, 2.45) is 11.7 Å². The summed E-state index contributed by atoms with van der Waals surface area (Å²) in [4.78, 5) is 24.4. The van der Waals surface area contributed by atoms with Gasteiger partial charge >= 0.3 is 5.97 Å². The molecule has 0 bridgehead atoms. The number of nitrogens with zero attached hydrogens (tertiary/aromatic N) is 1. The standard InChI is InChI=1S/C12H20N2O3/c13-12(5-6-12)11(17)14-7-1-2-9(8-14)3-4-10(15)16/h9H,1-8,13H2,(H,15,16). The fourth-order valence-electron chi connectivity index (χ4n) is 2.48. The van der Waals surface area contributed by atoms with E-state index in [4.69, 9.17) is 10.8 Å². The van der Waals surface area contributed by atoms with Gasteiger partial charge in [-0.15, -0.1) is 0 Å². The molecule has 1 heterocycles. The summed E-state index contributed by atoms with van der Waals surface area (Å²) >= 11 is 0. The van der Waals surface area contributed by atoms with Crippen molar-refractivity contribution >= 4 is 11.9 Å². The molecular weight excluding hydrogens is 220 g/mol. The van der Waals surface area contributed by atoms with Crippen LogP contribution in [0.2, 0.25) is 0 Å². The van der Waals surface area contributed by atoms with E-state index < -0.39 is 11.5 Å². The highest BCUT2D eigenvalue weighted by Crippen LogP contribution is 2.35. The van der Waals surface area contributed by atoms with Crippen LogP contribution >= 0.6 is 0 Å². The first-order valence-electron chi connectivity index (χ1n) is 6.31. The molecule has 1 saturated heterocycles. The van der Waals surface area contributed by atoms with Crippen LogP contribution in [-0.2, 0) is 9.59 Å². The van der Waals surface area contributed by atoms with Gasteiger partial charge in [0, 0.05) is 19.5 Å². The monoisotopic (exact) mass is 240 g/mol. The van der Waals surface area contributed by atoms with E-state index in [1.165, 1.54) is 0 Å². The Morgan fingerprint density at radius 2 is 2.12 bits per heavy atom. The Labute approximate surface area is 101 Å². The van der Waals surface area contributed by atoms with Gasteiger partial charge in [0.1, 0.15) is 0 Å². The smallest absolute Gasteiger partial charge is 0.303 e. The number of nitrogens with two attached hydrogens (primary N) is 1. The predicted molar refractivity (Wildman–Crippen MR) is 62.3 cm³/mol. The molecule has 1 aliphatic heterocycles. The summed E-state index contributed by atoms with van der Waals surface area (Å²) < 4.78 is 0. The number of rotatable bonds is 4. The second kappa shape index (κ2) is 4.64. The highest BCUT2D eigenvalue weighted by Gasteiger charge is 2.48. The van der Waals surface area contributed by atoms with E-state index in [1.54, 1.807) is 0 Å². The third-order valence-corrected chi connectivity index (χ3v) is 3.79. The van der Waals surface area contributed by atoms with E-state index in [2.05, 4.69) is 0 Å². The Morgan fingerprint density at radius 3 is 2.71 bits per heavy atom. The van der Waals surface area contributed by atoms with Crippen molar-refractivity contribution in [1.29, 1.82) is 0 Å². The zero-order chi connectivity index (χ0) is 12.5. The second-order valence-corrected chi connectivity index (χ2v) is 5.35. The molecule has 1 amide bonds. The number of hydrogen-bond donors (Lipinski definition) is 2. The Hall–Kier alpha value is -1.10. The summed E-state index contributed by atoms with van der Waals surface area (Å²) in [6.45, 7) is 1.46. The number of likely N-dealkylation sites (tertiary alicyclic amines) is 1. The predicted octanol–water partition coefficient (Wildman–Crippen LogP) is 0.581. The topological polar surface area (TPSA) is 83.6 Å². The first-order valence-corrected chi connectivity index (χ1v) is 6.31. The van der Waals surface area contributed by atoms with Crippen molar-refractivity contribution in [3.8, 4) is 0 Å². The normalized spacial score (nSPS) is 26.6. The first kappa shape index (κ1) is 12.4. The molecule has 3 N–H and O–H groups in total. The van der Waals surface area contributed by atoms with Crippen LogP contribution in [0, 0.1) is 5.92 Å². The summed E-state index contributed by atoms with van der Waals surface area (Å²) in [6.07, 6.45) is 4.43. The summed E-state index contributed by atoms with van der Waals surface area (Å²) in [6, 6.07) is 0. The molecular formula is C12H20N2O3. The van der Waals surface area contributed by atoms with Gasteiger partial charge < -0.3 is 15.7 Å². The van der Waals surface area contributed by atoms with Gasteiger partial charge in [0.2, 0.25) is 5.91 Å². The van der Waals surface area contributed by atoms with E-state index in [0.717, 1.165) is 32.2 Å². The van der Waals surface area contributed by atoms with Crippen LogP contribution in [0.4, 0.5) is 0 Å². The highest BCUT2D eigenvalue weighted by molar-refractivity contribution is 5.89. The minimum Gasteiger partial charge on any atom is -0.481 e. The highest BCUT2D eigenvalue weighted by atomic mass is 16.4. The fourth-order valence-corrected chi connectivity index (χ4v) is 2.48. The van der Waals surface area contributed by atoms with E-state index in [0.29, 0.717) is 18.9 Å². The summed E-state index contributed by atoms with van der Waals surface area (Å²) in [7, 11) is 0. The lowest BCUT2D eigenvalue weighted by molar-refractivity contribution is -0.137. The van der Waals surface area contributed by atoms with Crippen molar-refractivity contribution in [1.82, 2.24) is 4.90 Å². The number of amides is 1. The zero-order valence-corrected chi connectivity index (χ0v) is 10.0. The van der Waals surface area contributed by atoms with Crippen LogP contribution in [-0.4, -0.2) is 40.5 Å². The summed E-state index contributed by atoms with van der Waals surface area (Å²) in [5, 5.41) is 8.66. The number of carboxylic acid groups (broad SMARTS) is 1. The van der Waals surface area contributed by atoms with Crippen molar-refractivity contribution in [3.63, 3.8) is 0 Å². The molecule has 17 heavy (non-hydrogen) atoms. The molecule has 5 nitrogen and oxygen atoms in total. The maximum absolute atomic E-state index is 12.1. The van der Waals surface area contributed by atoms with Gasteiger partial charge in [0.05, 0.1) is 5.54 Å². The van der Waals surface area contributed by atoms with Crippen LogP contribution in [0.15, 0.2) is 0 Å². The molecule has 2 aliphatic rings. The lowest BCUT2D eigenvalue weighted by Crippen LogP contribution is -2.49. The average Bonchev–Trinajstić information content (AvgIpc) is 3.05. The largest absolute Gasteiger partial charge is 0.481 e. The maximum atomic E-state index is 12.1. The maximum Gasteiger partial charge on any atom is 0.303 e. The molecule has 1 saturated carbocycles. The summed E-state index contributed by atoms with van der Waals surface area (Å²) in [5.74, 6) is -0.366. The van der Waals surface area contributed by atoms with E-state index in [-0.39, 0.29) is 12.3 Å². The Bertz CT molecular complexity index is 326.